The van der Waals surface area contributed by atoms with Crippen LogP contribution in [0.15, 0.2) is 54.7 Å². The SMILES string of the molecule is O=Cc1ccc(-c2ccc3ncccc3c2)c(Cl)c1. The van der Waals surface area contributed by atoms with Crippen molar-refractivity contribution in [2.75, 3.05) is 0 Å². The van der Waals surface area contributed by atoms with Gasteiger partial charge in [0.05, 0.1) is 5.52 Å². The van der Waals surface area contributed by atoms with E-state index in [1.165, 1.54) is 0 Å². The van der Waals surface area contributed by atoms with E-state index in [2.05, 4.69) is 4.98 Å². The van der Waals surface area contributed by atoms with Gasteiger partial charge < -0.3 is 0 Å². The van der Waals surface area contributed by atoms with Gasteiger partial charge in [-0.15, -0.1) is 0 Å². The van der Waals surface area contributed by atoms with E-state index in [9.17, 15) is 4.79 Å². The summed E-state index contributed by atoms with van der Waals surface area (Å²) in [6.07, 6.45) is 2.56. The van der Waals surface area contributed by atoms with Gasteiger partial charge in [-0.2, -0.15) is 0 Å². The molecule has 0 atom stereocenters. The predicted octanol–water partition coefficient (Wildman–Crippen LogP) is 4.37. The second-order valence-corrected chi connectivity index (χ2v) is 4.68. The molecule has 1 aromatic heterocycles. The first-order valence-electron chi connectivity index (χ1n) is 5.88. The lowest BCUT2D eigenvalue weighted by Crippen LogP contribution is -1.85. The highest BCUT2D eigenvalue weighted by molar-refractivity contribution is 6.33. The number of pyridine rings is 1. The van der Waals surface area contributed by atoms with Crippen LogP contribution in [0.25, 0.3) is 22.0 Å². The van der Waals surface area contributed by atoms with Crippen LogP contribution < -0.4 is 0 Å². The third-order valence-electron chi connectivity index (χ3n) is 3.04. The third kappa shape index (κ3) is 2.23. The number of benzene rings is 2. The Hall–Kier alpha value is -2.19. The van der Waals surface area contributed by atoms with Crippen molar-refractivity contribution in [1.29, 1.82) is 0 Å². The number of hydrogen-bond donors (Lipinski definition) is 0. The number of hydrogen-bond acceptors (Lipinski definition) is 2. The molecule has 0 aliphatic carbocycles. The van der Waals surface area contributed by atoms with Crippen molar-refractivity contribution in [3.05, 3.63) is 65.3 Å². The summed E-state index contributed by atoms with van der Waals surface area (Å²) < 4.78 is 0. The average Bonchev–Trinajstić information content (AvgIpc) is 2.46. The zero-order valence-corrected chi connectivity index (χ0v) is 10.8. The van der Waals surface area contributed by atoms with Crippen molar-refractivity contribution in [3.8, 4) is 11.1 Å². The van der Waals surface area contributed by atoms with Crippen molar-refractivity contribution < 1.29 is 4.79 Å². The minimum absolute atomic E-state index is 0.577. The van der Waals surface area contributed by atoms with E-state index in [1.54, 1.807) is 18.3 Å². The number of carbonyl (C=O) groups is 1. The fraction of sp³-hybridized carbons (Fsp3) is 0. The fourth-order valence-electron chi connectivity index (χ4n) is 2.08. The molecule has 0 saturated carbocycles. The van der Waals surface area contributed by atoms with Gasteiger partial charge in [0.15, 0.2) is 0 Å². The maximum absolute atomic E-state index is 10.7. The van der Waals surface area contributed by atoms with Gasteiger partial charge in [0, 0.05) is 27.7 Å². The standard InChI is InChI=1S/C16H10ClNO/c17-15-8-11(10-19)3-5-14(15)12-4-6-16-13(9-12)2-1-7-18-16/h1-10H. The summed E-state index contributed by atoms with van der Waals surface area (Å²) >= 11 is 6.22. The highest BCUT2D eigenvalue weighted by Crippen LogP contribution is 2.30. The fourth-order valence-corrected chi connectivity index (χ4v) is 2.38. The summed E-state index contributed by atoms with van der Waals surface area (Å²) in [5.41, 5.74) is 3.46. The summed E-state index contributed by atoms with van der Waals surface area (Å²) in [4.78, 5) is 15.0. The van der Waals surface area contributed by atoms with Crippen LogP contribution in [0.5, 0.6) is 0 Å². The Morgan fingerprint density at radius 1 is 1.05 bits per heavy atom. The van der Waals surface area contributed by atoms with Crippen LogP contribution in [0.3, 0.4) is 0 Å². The minimum Gasteiger partial charge on any atom is -0.298 e. The molecule has 0 radical (unpaired) electrons. The monoisotopic (exact) mass is 267 g/mol. The molecule has 0 bridgehead atoms. The first-order valence-corrected chi connectivity index (χ1v) is 6.25. The number of fused-ring (bicyclic) bond motifs is 1. The molecule has 3 heteroatoms. The second-order valence-electron chi connectivity index (χ2n) is 4.27. The van der Waals surface area contributed by atoms with Gasteiger partial charge in [-0.05, 0) is 29.8 Å². The maximum Gasteiger partial charge on any atom is 0.150 e. The molecule has 0 amide bonds. The maximum atomic E-state index is 10.7. The summed E-state index contributed by atoms with van der Waals surface area (Å²) in [6.45, 7) is 0. The number of carbonyl (C=O) groups excluding carboxylic acids is 1. The van der Waals surface area contributed by atoms with Crippen LogP contribution in [0.4, 0.5) is 0 Å². The first-order chi connectivity index (χ1) is 9.28. The van der Waals surface area contributed by atoms with Crippen LogP contribution in [-0.2, 0) is 0 Å². The van der Waals surface area contributed by atoms with Gasteiger partial charge in [-0.1, -0.05) is 35.9 Å². The van der Waals surface area contributed by atoms with Crippen LogP contribution in [0, 0.1) is 0 Å². The van der Waals surface area contributed by atoms with Gasteiger partial charge in [-0.25, -0.2) is 0 Å². The zero-order chi connectivity index (χ0) is 13.2. The van der Waals surface area contributed by atoms with Gasteiger partial charge >= 0.3 is 0 Å². The van der Waals surface area contributed by atoms with Crippen LogP contribution in [0.1, 0.15) is 10.4 Å². The molecule has 0 aliphatic heterocycles. The molecule has 0 N–H and O–H groups in total. The highest BCUT2D eigenvalue weighted by Gasteiger charge is 2.05. The van der Waals surface area contributed by atoms with Crippen LogP contribution >= 0.6 is 11.6 Å². The van der Waals surface area contributed by atoms with Crippen molar-refractivity contribution in [2.24, 2.45) is 0 Å². The van der Waals surface area contributed by atoms with Gasteiger partial charge in [-0.3, -0.25) is 9.78 Å². The molecule has 0 unspecified atom stereocenters. The van der Waals surface area contributed by atoms with E-state index < -0.39 is 0 Å². The van der Waals surface area contributed by atoms with E-state index in [0.717, 1.165) is 28.3 Å². The summed E-state index contributed by atoms with van der Waals surface area (Å²) in [5, 5.41) is 1.64. The Balaban J connectivity index is 2.16. The van der Waals surface area contributed by atoms with Crippen LogP contribution in [0.2, 0.25) is 5.02 Å². The van der Waals surface area contributed by atoms with Gasteiger partial charge in [0.25, 0.3) is 0 Å². The van der Waals surface area contributed by atoms with E-state index in [0.29, 0.717) is 10.6 Å². The number of aromatic nitrogens is 1. The molecule has 3 rings (SSSR count). The first kappa shape index (κ1) is 11.9. The Labute approximate surface area is 115 Å². The number of aldehydes is 1. The molecule has 3 aromatic rings. The Morgan fingerprint density at radius 2 is 1.95 bits per heavy atom. The lowest BCUT2D eigenvalue weighted by Gasteiger charge is -2.06. The van der Waals surface area contributed by atoms with Crippen molar-refractivity contribution in [2.45, 2.75) is 0 Å². The molecular weight excluding hydrogens is 258 g/mol. The number of rotatable bonds is 2. The number of nitrogens with zero attached hydrogens (tertiary/aromatic N) is 1. The molecular formula is C16H10ClNO. The average molecular weight is 268 g/mol. The molecule has 0 aliphatic rings. The largest absolute Gasteiger partial charge is 0.298 e. The number of halogens is 1. The molecule has 2 aromatic carbocycles. The smallest absolute Gasteiger partial charge is 0.150 e. The zero-order valence-electron chi connectivity index (χ0n) is 10.0. The molecule has 1 heterocycles. The molecule has 2 nitrogen and oxygen atoms in total. The van der Waals surface area contributed by atoms with E-state index in [-0.39, 0.29) is 0 Å². The Morgan fingerprint density at radius 3 is 2.74 bits per heavy atom. The van der Waals surface area contributed by atoms with Crippen molar-refractivity contribution in [3.63, 3.8) is 0 Å². The molecule has 0 saturated heterocycles. The molecule has 0 spiro atoms. The Bertz CT molecular complexity index is 768. The lowest BCUT2D eigenvalue weighted by atomic mass is 10.0. The summed E-state index contributed by atoms with van der Waals surface area (Å²) in [5.74, 6) is 0. The second kappa shape index (κ2) is 4.82. The molecule has 19 heavy (non-hydrogen) atoms. The van der Waals surface area contributed by atoms with Crippen molar-refractivity contribution in [1.82, 2.24) is 4.98 Å². The lowest BCUT2D eigenvalue weighted by molar-refractivity contribution is 0.112. The van der Waals surface area contributed by atoms with E-state index in [1.807, 2.05) is 36.4 Å². The Kier molecular flexibility index (Phi) is 3.02. The normalized spacial score (nSPS) is 10.6. The van der Waals surface area contributed by atoms with Crippen LogP contribution in [-0.4, -0.2) is 11.3 Å². The highest BCUT2D eigenvalue weighted by atomic mass is 35.5. The minimum atomic E-state index is 0.577. The quantitative estimate of drug-likeness (QED) is 0.646. The summed E-state index contributed by atoms with van der Waals surface area (Å²) in [7, 11) is 0. The van der Waals surface area contributed by atoms with E-state index >= 15 is 0 Å². The van der Waals surface area contributed by atoms with Gasteiger partial charge in [0.1, 0.15) is 6.29 Å². The summed E-state index contributed by atoms with van der Waals surface area (Å²) in [6, 6.07) is 15.2. The van der Waals surface area contributed by atoms with Gasteiger partial charge in [0.2, 0.25) is 0 Å². The van der Waals surface area contributed by atoms with Crippen molar-refractivity contribution >= 4 is 28.8 Å². The predicted molar refractivity (Wildman–Crippen MR) is 77.6 cm³/mol. The third-order valence-corrected chi connectivity index (χ3v) is 3.36. The van der Waals surface area contributed by atoms with E-state index in [4.69, 9.17) is 11.6 Å². The molecule has 0 fully saturated rings. The topological polar surface area (TPSA) is 30.0 Å². The molecule has 92 valence electrons.